The minimum atomic E-state index is -0.833. The van der Waals surface area contributed by atoms with Crippen molar-refractivity contribution in [2.75, 3.05) is 13.6 Å². The Labute approximate surface area is 102 Å². The van der Waals surface area contributed by atoms with Crippen molar-refractivity contribution in [2.24, 2.45) is 0 Å². The van der Waals surface area contributed by atoms with Crippen LogP contribution in [0.1, 0.15) is 37.1 Å². The summed E-state index contributed by atoms with van der Waals surface area (Å²) in [6.07, 6.45) is 4.61. The van der Waals surface area contributed by atoms with Crippen LogP contribution in [0.5, 0.6) is 0 Å². The molecular formula is C13H20N2O2. The Morgan fingerprint density at radius 3 is 2.59 bits per heavy atom. The van der Waals surface area contributed by atoms with Crippen LogP contribution in [-0.2, 0) is 4.79 Å². The number of aryl methyl sites for hydroxylation is 1. The summed E-state index contributed by atoms with van der Waals surface area (Å²) in [5, 5.41) is 7.42. The van der Waals surface area contributed by atoms with Gasteiger partial charge >= 0.3 is 0 Å². The molecule has 0 aromatic carbocycles. The van der Waals surface area contributed by atoms with Gasteiger partial charge in [0.25, 0.3) is 5.97 Å². The normalized spacial score (nSPS) is 19.6. The number of likely N-dealkylation sites (tertiary alicyclic amines) is 1. The average Bonchev–Trinajstić information content (AvgIpc) is 2.65. The molecule has 1 aromatic heterocycles. The van der Waals surface area contributed by atoms with Crippen LogP contribution in [0.4, 0.5) is 0 Å². The molecular weight excluding hydrogens is 216 g/mol. The van der Waals surface area contributed by atoms with Gasteiger partial charge in [-0.05, 0) is 45.0 Å². The third kappa shape index (κ3) is 4.53. The zero-order chi connectivity index (χ0) is 12.8. The van der Waals surface area contributed by atoms with E-state index in [9.17, 15) is 0 Å². The number of aliphatic carboxylic acids is 1. The average molecular weight is 236 g/mol. The predicted octanol–water partition coefficient (Wildman–Crippen LogP) is 2.25. The van der Waals surface area contributed by atoms with Crippen molar-refractivity contribution in [3.05, 3.63) is 29.6 Å². The third-order valence-corrected chi connectivity index (χ3v) is 2.84. The number of pyridine rings is 1. The number of carboxylic acids is 1. The maximum atomic E-state index is 9.00. The Kier molecular flexibility index (Phi) is 5.10. The zero-order valence-corrected chi connectivity index (χ0v) is 10.7. The van der Waals surface area contributed by atoms with Crippen molar-refractivity contribution in [1.82, 2.24) is 9.88 Å². The van der Waals surface area contributed by atoms with Gasteiger partial charge in [0.1, 0.15) is 0 Å². The van der Waals surface area contributed by atoms with Gasteiger partial charge in [-0.2, -0.15) is 0 Å². The first kappa shape index (κ1) is 13.6. The number of nitrogens with zero attached hydrogens (tertiary/aromatic N) is 2. The highest BCUT2D eigenvalue weighted by atomic mass is 16.4. The van der Waals surface area contributed by atoms with Gasteiger partial charge in [-0.3, -0.25) is 14.7 Å². The molecule has 1 fully saturated rings. The van der Waals surface area contributed by atoms with Crippen LogP contribution >= 0.6 is 0 Å². The number of hydrogen-bond donors (Lipinski definition) is 1. The summed E-state index contributed by atoms with van der Waals surface area (Å²) in [6.45, 7) is 4.33. The minimum absolute atomic E-state index is 0.605. The maximum Gasteiger partial charge on any atom is 0.300 e. The summed E-state index contributed by atoms with van der Waals surface area (Å²) in [6, 6.07) is 4.91. The summed E-state index contributed by atoms with van der Waals surface area (Å²) < 4.78 is 0. The van der Waals surface area contributed by atoms with E-state index >= 15 is 0 Å². The monoisotopic (exact) mass is 236 g/mol. The molecule has 1 atom stereocenters. The standard InChI is InChI=1S/C11H16N2.C2H4O2/c1-9-5-6-10(8-12-9)11-4-3-7-13(11)2;1-2(3)4/h5-6,8,11H,3-4,7H2,1-2H3;1H3,(H,3,4)/t11-;/m0./s1. The predicted molar refractivity (Wildman–Crippen MR) is 66.9 cm³/mol. The van der Waals surface area contributed by atoms with E-state index < -0.39 is 5.97 Å². The van der Waals surface area contributed by atoms with Crippen LogP contribution in [0.15, 0.2) is 18.3 Å². The molecule has 4 heteroatoms. The van der Waals surface area contributed by atoms with E-state index in [0.717, 1.165) is 12.6 Å². The molecule has 0 amide bonds. The molecule has 1 aromatic rings. The van der Waals surface area contributed by atoms with Gasteiger partial charge in [0, 0.05) is 24.9 Å². The van der Waals surface area contributed by atoms with Gasteiger partial charge in [0.15, 0.2) is 0 Å². The molecule has 0 radical (unpaired) electrons. The lowest BCUT2D eigenvalue weighted by atomic mass is 10.1. The molecule has 2 heterocycles. The summed E-state index contributed by atoms with van der Waals surface area (Å²) in [7, 11) is 2.19. The van der Waals surface area contributed by atoms with Gasteiger partial charge in [-0.1, -0.05) is 6.07 Å². The molecule has 0 saturated carbocycles. The molecule has 1 saturated heterocycles. The Morgan fingerprint density at radius 1 is 1.53 bits per heavy atom. The first-order chi connectivity index (χ1) is 8.00. The van der Waals surface area contributed by atoms with E-state index in [4.69, 9.17) is 9.90 Å². The molecule has 0 unspecified atom stereocenters. The first-order valence-corrected chi connectivity index (χ1v) is 5.83. The smallest absolute Gasteiger partial charge is 0.300 e. The van der Waals surface area contributed by atoms with Crippen molar-refractivity contribution >= 4 is 5.97 Å². The Bertz CT molecular complexity index is 358. The molecule has 2 rings (SSSR count). The summed E-state index contributed by atoms with van der Waals surface area (Å²) in [5.74, 6) is -0.833. The van der Waals surface area contributed by atoms with E-state index in [1.807, 2.05) is 13.1 Å². The van der Waals surface area contributed by atoms with Crippen molar-refractivity contribution < 1.29 is 9.90 Å². The van der Waals surface area contributed by atoms with Crippen LogP contribution in [0.2, 0.25) is 0 Å². The number of carbonyl (C=O) groups is 1. The van der Waals surface area contributed by atoms with Crippen LogP contribution in [0.3, 0.4) is 0 Å². The van der Waals surface area contributed by atoms with Gasteiger partial charge in [-0.15, -0.1) is 0 Å². The fourth-order valence-electron chi connectivity index (χ4n) is 2.01. The Morgan fingerprint density at radius 2 is 2.18 bits per heavy atom. The van der Waals surface area contributed by atoms with Crippen molar-refractivity contribution in [3.63, 3.8) is 0 Å². The van der Waals surface area contributed by atoms with E-state index in [1.54, 1.807) is 0 Å². The highest BCUT2D eigenvalue weighted by molar-refractivity contribution is 5.62. The van der Waals surface area contributed by atoms with Gasteiger partial charge in [-0.25, -0.2) is 0 Å². The lowest BCUT2D eigenvalue weighted by Crippen LogP contribution is -2.17. The fraction of sp³-hybridized carbons (Fsp3) is 0.538. The largest absolute Gasteiger partial charge is 0.481 e. The highest BCUT2D eigenvalue weighted by Crippen LogP contribution is 2.29. The van der Waals surface area contributed by atoms with Gasteiger partial charge in [0.2, 0.25) is 0 Å². The SMILES string of the molecule is CC(=O)O.Cc1ccc([C@@H]2CCCN2C)cn1. The van der Waals surface area contributed by atoms with Crippen molar-refractivity contribution in [3.8, 4) is 0 Å². The Hall–Kier alpha value is -1.42. The molecule has 0 aliphatic carbocycles. The lowest BCUT2D eigenvalue weighted by Gasteiger charge is -2.19. The minimum Gasteiger partial charge on any atom is -0.481 e. The van der Waals surface area contributed by atoms with E-state index in [1.165, 1.54) is 24.9 Å². The summed E-state index contributed by atoms with van der Waals surface area (Å²) in [4.78, 5) is 15.7. The highest BCUT2D eigenvalue weighted by Gasteiger charge is 2.22. The Balaban J connectivity index is 0.000000317. The van der Waals surface area contributed by atoms with Crippen LogP contribution < -0.4 is 0 Å². The van der Waals surface area contributed by atoms with E-state index in [-0.39, 0.29) is 0 Å². The van der Waals surface area contributed by atoms with E-state index in [2.05, 4.69) is 29.1 Å². The second kappa shape index (κ2) is 6.35. The number of carboxylic acid groups (broad SMARTS) is 1. The second-order valence-electron chi connectivity index (χ2n) is 4.39. The zero-order valence-electron chi connectivity index (χ0n) is 10.7. The number of hydrogen-bond acceptors (Lipinski definition) is 3. The maximum absolute atomic E-state index is 9.00. The van der Waals surface area contributed by atoms with Crippen molar-refractivity contribution in [1.29, 1.82) is 0 Å². The van der Waals surface area contributed by atoms with Crippen LogP contribution in [-0.4, -0.2) is 34.6 Å². The number of aromatic nitrogens is 1. The summed E-state index contributed by atoms with van der Waals surface area (Å²) >= 11 is 0. The summed E-state index contributed by atoms with van der Waals surface area (Å²) in [5.41, 5.74) is 2.47. The molecule has 0 bridgehead atoms. The van der Waals surface area contributed by atoms with Crippen molar-refractivity contribution in [2.45, 2.75) is 32.7 Å². The molecule has 17 heavy (non-hydrogen) atoms. The third-order valence-electron chi connectivity index (χ3n) is 2.84. The molecule has 1 N–H and O–H groups in total. The van der Waals surface area contributed by atoms with Crippen LogP contribution in [0.25, 0.3) is 0 Å². The number of rotatable bonds is 1. The second-order valence-corrected chi connectivity index (χ2v) is 4.39. The molecule has 94 valence electrons. The molecule has 4 nitrogen and oxygen atoms in total. The van der Waals surface area contributed by atoms with E-state index in [0.29, 0.717) is 6.04 Å². The fourth-order valence-corrected chi connectivity index (χ4v) is 2.01. The van der Waals surface area contributed by atoms with Gasteiger partial charge < -0.3 is 5.11 Å². The first-order valence-electron chi connectivity index (χ1n) is 5.83. The quantitative estimate of drug-likeness (QED) is 0.812. The lowest BCUT2D eigenvalue weighted by molar-refractivity contribution is -0.134. The molecule has 1 aliphatic rings. The van der Waals surface area contributed by atoms with Crippen LogP contribution in [0, 0.1) is 6.92 Å². The van der Waals surface area contributed by atoms with Gasteiger partial charge in [0.05, 0.1) is 0 Å². The topological polar surface area (TPSA) is 53.4 Å². The molecule has 1 aliphatic heterocycles. The molecule has 0 spiro atoms.